The Kier molecular flexibility index (Phi) is 9.07. The molecule has 9 nitrogen and oxygen atoms in total. The number of amides is 1. The molecule has 1 aliphatic carbocycles. The van der Waals surface area contributed by atoms with Gasteiger partial charge in [0.25, 0.3) is 0 Å². The van der Waals surface area contributed by atoms with E-state index in [0.717, 1.165) is 40.9 Å². The maximum atomic E-state index is 12.5. The number of nitrogens with one attached hydrogen (secondary N) is 2. The quantitative estimate of drug-likeness (QED) is 0.201. The van der Waals surface area contributed by atoms with Crippen molar-refractivity contribution in [2.45, 2.75) is 25.7 Å². The second-order valence-corrected chi connectivity index (χ2v) is 11.3. The molecule has 0 atom stereocenters. The van der Waals surface area contributed by atoms with Crippen molar-refractivity contribution in [1.82, 2.24) is 19.4 Å². The lowest BCUT2D eigenvalue weighted by Crippen LogP contribution is -2.29. The third-order valence-electron chi connectivity index (χ3n) is 7.86. The zero-order valence-corrected chi connectivity index (χ0v) is 25.1. The molecule has 0 spiro atoms. The summed E-state index contributed by atoms with van der Waals surface area (Å²) >= 11 is 0. The van der Waals surface area contributed by atoms with Gasteiger partial charge in [0.15, 0.2) is 0 Å². The Morgan fingerprint density at radius 3 is 2.67 bits per heavy atom. The van der Waals surface area contributed by atoms with E-state index >= 15 is 0 Å². The van der Waals surface area contributed by atoms with Gasteiger partial charge in [-0.05, 0) is 57.1 Å². The number of carbonyl (C=O) groups is 1. The van der Waals surface area contributed by atoms with Crippen molar-refractivity contribution >= 4 is 39.8 Å². The van der Waals surface area contributed by atoms with Crippen LogP contribution in [0.25, 0.3) is 22.2 Å². The molecular formula is C33H41N7O2. The van der Waals surface area contributed by atoms with Crippen LogP contribution in [0, 0.1) is 5.92 Å². The third-order valence-corrected chi connectivity index (χ3v) is 7.86. The van der Waals surface area contributed by atoms with Crippen molar-refractivity contribution in [2.24, 2.45) is 13.0 Å². The summed E-state index contributed by atoms with van der Waals surface area (Å²) in [5.74, 6) is 1.40. The topological polar surface area (TPSA) is 87.5 Å². The van der Waals surface area contributed by atoms with Crippen LogP contribution in [0.4, 0.5) is 23.0 Å². The van der Waals surface area contributed by atoms with E-state index in [1.807, 2.05) is 58.5 Å². The van der Waals surface area contributed by atoms with E-state index in [0.29, 0.717) is 35.6 Å². The molecule has 1 aliphatic rings. The summed E-state index contributed by atoms with van der Waals surface area (Å²) < 4.78 is 8.59. The highest BCUT2D eigenvalue weighted by Gasteiger charge is 2.20. The Hall–Kier alpha value is -4.37. The Morgan fingerprint density at radius 1 is 1.12 bits per heavy atom. The number of aromatic nitrogens is 3. The zero-order chi connectivity index (χ0) is 29.6. The van der Waals surface area contributed by atoms with E-state index in [4.69, 9.17) is 9.72 Å². The molecule has 220 valence electrons. The smallest absolute Gasteiger partial charge is 0.247 e. The maximum absolute atomic E-state index is 12.5. The molecule has 9 heteroatoms. The van der Waals surface area contributed by atoms with Crippen LogP contribution in [0.1, 0.15) is 25.7 Å². The molecule has 1 fully saturated rings. The van der Waals surface area contributed by atoms with E-state index in [1.165, 1.54) is 31.8 Å². The first-order chi connectivity index (χ1) is 20.3. The highest BCUT2D eigenvalue weighted by atomic mass is 16.5. The Balaban J connectivity index is 1.52. The minimum atomic E-state index is -0.281. The van der Waals surface area contributed by atoms with Crippen LogP contribution in [0.2, 0.25) is 0 Å². The van der Waals surface area contributed by atoms with E-state index in [-0.39, 0.29) is 5.91 Å². The second-order valence-electron chi connectivity index (χ2n) is 11.3. The Morgan fingerprint density at radius 2 is 1.90 bits per heavy atom. The van der Waals surface area contributed by atoms with Crippen LogP contribution < -0.4 is 20.3 Å². The highest BCUT2D eigenvalue weighted by molar-refractivity contribution is 6.02. The lowest BCUT2D eigenvalue weighted by Gasteiger charge is -2.26. The standard InChI is InChI=1S/C33H41N7O2/c1-6-32(41)35-27-19-28(31(42-22-23-11-7-8-12-23)20-30(27)39(4)18-17-38(2)3)37-33-34-16-15-26(36-33)25-21-40(5)29-14-10-9-13-24(25)29/h6,9-10,13-16,19-21,23H,1,7-8,11-12,17-18,22H2,2-5H3,(H,35,41)(H,34,36,37). The van der Waals surface area contributed by atoms with Crippen LogP contribution in [-0.2, 0) is 11.8 Å². The van der Waals surface area contributed by atoms with Gasteiger partial charge in [-0.15, -0.1) is 0 Å². The first kappa shape index (κ1) is 29.1. The molecule has 42 heavy (non-hydrogen) atoms. The molecule has 0 aliphatic heterocycles. The summed E-state index contributed by atoms with van der Waals surface area (Å²) in [6.45, 7) is 5.92. The van der Waals surface area contributed by atoms with Gasteiger partial charge in [0.1, 0.15) is 5.75 Å². The van der Waals surface area contributed by atoms with Crippen LogP contribution in [0.15, 0.2) is 67.5 Å². The van der Waals surface area contributed by atoms with Crippen molar-refractivity contribution in [3.05, 3.63) is 67.5 Å². The molecule has 5 rings (SSSR count). The van der Waals surface area contributed by atoms with E-state index in [9.17, 15) is 4.79 Å². The molecule has 2 aromatic heterocycles. The fourth-order valence-electron chi connectivity index (χ4n) is 5.48. The molecule has 2 heterocycles. The van der Waals surface area contributed by atoms with Crippen molar-refractivity contribution in [2.75, 3.05) is 56.4 Å². The van der Waals surface area contributed by atoms with Gasteiger partial charge in [0.05, 0.1) is 29.4 Å². The molecule has 0 radical (unpaired) electrons. The summed E-state index contributed by atoms with van der Waals surface area (Å²) in [4.78, 5) is 26.1. The van der Waals surface area contributed by atoms with Gasteiger partial charge in [-0.3, -0.25) is 4.79 Å². The zero-order valence-electron chi connectivity index (χ0n) is 25.1. The van der Waals surface area contributed by atoms with E-state index in [2.05, 4.69) is 54.9 Å². The van der Waals surface area contributed by atoms with Crippen molar-refractivity contribution in [3.8, 4) is 17.0 Å². The number of nitrogens with zero attached hydrogens (tertiary/aromatic N) is 5. The molecule has 2 N–H and O–H groups in total. The van der Waals surface area contributed by atoms with Crippen molar-refractivity contribution in [1.29, 1.82) is 0 Å². The predicted octanol–water partition coefficient (Wildman–Crippen LogP) is 6.07. The summed E-state index contributed by atoms with van der Waals surface area (Å²) in [6.07, 6.45) is 9.99. The number of aryl methyl sites for hydroxylation is 1. The number of benzene rings is 2. The molecule has 4 aromatic rings. The van der Waals surface area contributed by atoms with Crippen LogP contribution in [-0.4, -0.2) is 66.2 Å². The third kappa shape index (κ3) is 6.74. The van der Waals surface area contributed by atoms with Gasteiger partial charge in [-0.1, -0.05) is 37.6 Å². The number of rotatable bonds is 12. The van der Waals surface area contributed by atoms with Gasteiger partial charge < -0.3 is 29.7 Å². The molecular weight excluding hydrogens is 526 g/mol. The number of anilines is 4. The number of carbonyl (C=O) groups excluding carboxylic acids is 1. The number of hydrogen-bond acceptors (Lipinski definition) is 7. The number of ether oxygens (including phenoxy) is 1. The monoisotopic (exact) mass is 567 g/mol. The SMILES string of the molecule is C=CC(=O)Nc1cc(Nc2nccc(-c3cn(C)c4ccccc34)n2)c(OCC2CCCC2)cc1N(C)CCN(C)C. The van der Waals surface area contributed by atoms with Gasteiger partial charge in [-0.2, -0.15) is 0 Å². The lowest BCUT2D eigenvalue weighted by atomic mass is 10.1. The predicted molar refractivity (Wildman–Crippen MR) is 172 cm³/mol. The minimum absolute atomic E-state index is 0.281. The van der Waals surface area contributed by atoms with E-state index < -0.39 is 0 Å². The Labute approximate surface area is 248 Å². The molecule has 0 saturated heterocycles. The van der Waals surface area contributed by atoms with Crippen LogP contribution >= 0.6 is 0 Å². The molecule has 0 bridgehead atoms. The molecule has 2 aromatic carbocycles. The minimum Gasteiger partial charge on any atom is -0.491 e. The average Bonchev–Trinajstić information content (AvgIpc) is 3.63. The second kappa shape index (κ2) is 13.1. The van der Waals surface area contributed by atoms with E-state index in [1.54, 1.807) is 6.20 Å². The summed E-state index contributed by atoms with van der Waals surface area (Å²) in [7, 11) is 8.15. The number of likely N-dealkylation sites (N-methyl/N-ethyl adjacent to an activating group) is 2. The normalized spacial score (nSPS) is 13.5. The number of fused-ring (bicyclic) bond motifs is 1. The Bertz CT molecular complexity index is 1560. The molecule has 1 amide bonds. The fourth-order valence-corrected chi connectivity index (χ4v) is 5.48. The first-order valence-corrected chi connectivity index (χ1v) is 14.6. The van der Waals surface area contributed by atoms with Gasteiger partial charge in [-0.25, -0.2) is 9.97 Å². The van der Waals surface area contributed by atoms with Gasteiger partial charge >= 0.3 is 0 Å². The molecule has 1 saturated carbocycles. The highest BCUT2D eigenvalue weighted by Crippen LogP contribution is 2.39. The van der Waals surface area contributed by atoms with Crippen LogP contribution in [0.3, 0.4) is 0 Å². The van der Waals surface area contributed by atoms with Gasteiger partial charge in [0, 0.05) is 62.1 Å². The number of para-hydroxylation sites is 1. The first-order valence-electron chi connectivity index (χ1n) is 14.6. The summed E-state index contributed by atoms with van der Waals surface area (Å²) in [5.41, 5.74) is 5.20. The van der Waals surface area contributed by atoms with Crippen molar-refractivity contribution in [3.63, 3.8) is 0 Å². The fraction of sp³-hybridized carbons (Fsp3) is 0.364. The molecule has 0 unspecified atom stereocenters. The summed E-state index contributed by atoms with van der Waals surface area (Å²) in [6, 6.07) is 14.1. The summed E-state index contributed by atoms with van der Waals surface area (Å²) in [5, 5.41) is 7.52. The lowest BCUT2D eigenvalue weighted by molar-refractivity contribution is -0.111. The van der Waals surface area contributed by atoms with Crippen LogP contribution in [0.5, 0.6) is 5.75 Å². The maximum Gasteiger partial charge on any atom is 0.247 e. The van der Waals surface area contributed by atoms with Crippen molar-refractivity contribution < 1.29 is 9.53 Å². The van der Waals surface area contributed by atoms with Gasteiger partial charge in [0.2, 0.25) is 11.9 Å². The number of hydrogen-bond donors (Lipinski definition) is 2. The average molecular weight is 568 g/mol. The largest absolute Gasteiger partial charge is 0.491 e.